The summed E-state index contributed by atoms with van der Waals surface area (Å²) in [6, 6.07) is 22.6. The number of hydrogen-bond acceptors (Lipinski definition) is 4. The molecule has 0 saturated carbocycles. The van der Waals surface area contributed by atoms with Gasteiger partial charge in [0, 0.05) is 22.7 Å². The maximum atomic E-state index is 14.3. The van der Waals surface area contributed by atoms with Crippen molar-refractivity contribution in [2.45, 2.75) is 0 Å². The molecule has 0 aromatic heterocycles. The lowest BCUT2D eigenvalue weighted by molar-refractivity contribution is -0.991. The first kappa shape index (κ1) is 17.4. The third kappa shape index (κ3) is 3.23. The van der Waals surface area contributed by atoms with Crippen LogP contribution in [0.15, 0.2) is 78.9 Å². The maximum Gasteiger partial charge on any atom is 0.174 e. The molecule has 3 aromatic carbocycles. The average molecular weight is 355 g/mol. The van der Waals surface area contributed by atoms with E-state index in [0.717, 1.165) is 0 Å². The van der Waals surface area contributed by atoms with Crippen LogP contribution in [-0.4, -0.2) is 12.3 Å². The smallest absolute Gasteiger partial charge is 0.174 e. The quantitative estimate of drug-likeness (QED) is 0.540. The van der Waals surface area contributed by atoms with Gasteiger partial charge < -0.3 is 14.5 Å². The first-order chi connectivity index (χ1) is 12.1. The van der Waals surface area contributed by atoms with E-state index in [1.54, 1.807) is 30.3 Å². The molecule has 5 nitrogen and oxygen atoms in total. The number of quaternary nitrogens is 1. The molecule has 0 saturated heterocycles. The van der Waals surface area contributed by atoms with Crippen molar-refractivity contribution >= 4 is 28.7 Å². The zero-order valence-corrected chi connectivity index (χ0v) is 14.5. The minimum absolute atomic E-state index is 0.0721. The third-order valence-electron chi connectivity index (χ3n) is 4.00. The Morgan fingerprint density at radius 3 is 1.88 bits per heavy atom. The molecule has 0 amide bonds. The van der Waals surface area contributed by atoms with Crippen LogP contribution < -0.4 is 25.9 Å². The van der Waals surface area contributed by atoms with Gasteiger partial charge in [-0.3, -0.25) is 0 Å². The SMILES string of the molecule is COc1ccc([NH+]([O-])O)cc1P(=O)(c1ccccc1)c1ccccc1. The van der Waals surface area contributed by atoms with E-state index in [1.165, 1.54) is 19.2 Å². The van der Waals surface area contributed by atoms with Gasteiger partial charge in [0.25, 0.3) is 0 Å². The Labute approximate surface area is 146 Å². The third-order valence-corrected chi connectivity index (χ3v) is 7.08. The summed E-state index contributed by atoms with van der Waals surface area (Å²) in [5, 5.41) is 21.3. The Morgan fingerprint density at radius 1 is 0.920 bits per heavy atom. The molecule has 0 aliphatic carbocycles. The van der Waals surface area contributed by atoms with Crippen LogP contribution in [0.4, 0.5) is 5.69 Å². The molecule has 2 N–H and O–H groups in total. The molecule has 25 heavy (non-hydrogen) atoms. The molecule has 0 bridgehead atoms. The van der Waals surface area contributed by atoms with Gasteiger partial charge >= 0.3 is 0 Å². The minimum Gasteiger partial charge on any atom is -0.595 e. The average Bonchev–Trinajstić information content (AvgIpc) is 2.68. The van der Waals surface area contributed by atoms with E-state index in [2.05, 4.69) is 0 Å². The molecule has 0 fully saturated rings. The molecule has 1 atom stereocenters. The van der Waals surface area contributed by atoms with Gasteiger partial charge in [-0.25, -0.2) is 5.21 Å². The highest BCUT2D eigenvalue weighted by atomic mass is 31.2. The van der Waals surface area contributed by atoms with E-state index in [0.29, 0.717) is 21.7 Å². The summed E-state index contributed by atoms with van der Waals surface area (Å²) in [5.74, 6) is 0.404. The first-order valence-electron chi connectivity index (χ1n) is 7.70. The summed E-state index contributed by atoms with van der Waals surface area (Å²) in [7, 11) is -1.80. The molecule has 128 valence electrons. The van der Waals surface area contributed by atoms with Crippen LogP contribution in [0.3, 0.4) is 0 Å². The Balaban J connectivity index is 2.34. The number of ether oxygens (including phenoxy) is 1. The highest BCUT2D eigenvalue weighted by Crippen LogP contribution is 2.45. The lowest BCUT2D eigenvalue weighted by atomic mass is 10.3. The molecule has 3 rings (SSSR count). The molecule has 0 aliphatic heterocycles. The van der Waals surface area contributed by atoms with Crippen LogP contribution in [0.1, 0.15) is 0 Å². The van der Waals surface area contributed by atoms with Crippen molar-refractivity contribution in [3.8, 4) is 5.75 Å². The molecule has 1 unspecified atom stereocenters. The van der Waals surface area contributed by atoms with E-state index in [-0.39, 0.29) is 5.69 Å². The molecule has 0 radical (unpaired) electrons. The Hall–Kier alpha value is -2.43. The van der Waals surface area contributed by atoms with Crippen molar-refractivity contribution in [1.29, 1.82) is 0 Å². The topological polar surface area (TPSA) is 74.0 Å². The summed E-state index contributed by atoms with van der Waals surface area (Å²) < 4.78 is 19.7. The van der Waals surface area contributed by atoms with Gasteiger partial charge in [-0.2, -0.15) is 5.23 Å². The van der Waals surface area contributed by atoms with Gasteiger partial charge in [0.05, 0.1) is 12.4 Å². The Morgan fingerprint density at radius 2 is 1.44 bits per heavy atom. The first-order valence-corrected chi connectivity index (χ1v) is 9.41. The predicted octanol–water partition coefficient (Wildman–Crippen LogP) is 1.74. The number of hydrogen-bond donors (Lipinski definition) is 2. The van der Waals surface area contributed by atoms with Crippen LogP contribution in [0, 0.1) is 5.21 Å². The fourth-order valence-corrected chi connectivity index (χ4v) is 5.61. The van der Waals surface area contributed by atoms with Crippen molar-refractivity contribution in [2.24, 2.45) is 0 Å². The molecule has 0 aliphatic rings. The van der Waals surface area contributed by atoms with E-state index >= 15 is 0 Å². The van der Waals surface area contributed by atoms with Gasteiger partial charge in [0.2, 0.25) is 0 Å². The molecular formula is C19H18NO4P. The van der Waals surface area contributed by atoms with Crippen LogP contribution in [0.2, 0.25) is 0 Å². The second-order valence-corrected chi connectivity index (χ2v) is 8.21. The highest BCUT2D eigenvalue weighted by Gasteiger charge is 2.33. The highest BCUT2D eigenvalue weighted by molar-refractivity contribution is 7.85. The zero-order chi connectivity index (χ0) is 17.9. The summed E-state index contributed by atoms with van der Waals surface area (Å²) in [6.07, 6.45) is 0. The summed E-state index contributed by atoms with van der Waals surface area (Å²) in [4.78, 5) is 0. The van der Waals surface area contributed by atoms with Crippen LogP contribution in [0.5, 0.6) is 5.75 Å². The van der Waals surface area contributed by atoms with Crippen molar-refractivity contribution < 1.29 is 19.7 Å². The van der Waals surface area contributed by atoms with E-state index in [4.69, 9.17) is 4.74 Å². The van der Waals surface area contributed by atoms with E-state index in [1.807, 2.05) is 36.4 Å². The van der Waals surface area contributed by atoms with Gasteiger partial charge in [0.15, 0.2) is 12.8 Å². The van der Waals surface area contributed by atoms with Crippen molar-refractivity contribution in [1.82, 2.24) is 0 Å². The second-order valence-electron chi connectivity index (χ2n) is 5.47. The van der Waals surface area contributed by atoms with Gasteiger partial charge in [0.1, 0.15) is 5.75 Å². The number of rotatable bonds is 5. The normalized spacial score (nSPS) is 12.6. The van der Waals surface area contributed by atoms with Crippen molar-refractivity contribution in [2.75, 3.05) is 7.11 Å². The van der Waals surface area contributed by atoms with Crippen molar-refractivity contribution in [3.05, 3.63) is 84.1 Å². The lowest BCUT2D eigenvalue weighted by Crippen LogP contribution is -2.99. The Kier molecular flexibility index (Phi) is 5.02. The summed E-state index contributed by atoms with van der Waals surface area (Å²) in [5.41, 5.74) is 0.0721. The van der Waals surface area contributed by atoms with Gasteiger partial charge in [-0.05, 0) is 6.07 Å². The fourth-order valence-electron chi connectivity index (χ4n) is 2.77. The predicted molar refractivity (Wildman–Crippen MR) is 98.2 cm³/mol. The second kappa shape index (κ2) is 7.21. The van der Waals surface area contributed by atoms with Gasteiger partial charge in [-0.15, -0.1) is 0 Å². The Bertz CT molecular complexity index is 854. The van der Waals surface area contributed by atoms with Crippen LogP contribution in [-0.2, 0) is 4.57 Å². The standard InChI is InChI=1S/C19H18NO4P/c1-24-18-13-12-15(20(21)22)14-19(18)25(23,16-8-4-2-5-9-16)17-10-6-3-7-11-17/h2-14,20-21H,1H3. The number of nitrogens with one attached hydrogen (secondary N) is 1. The van der Waals surface area contributed by atoms with Gasteiger partial charge in [-0.1, -0.05) is 60.7 Å². The lowest BCUT2D eigenvalue weighted by Gasteiger charge is -2.23. The zero-order valence-electron chi connectivity index (χ0n) is 13.6. The largest absolute Gasteiger partial charge is 0.595 e. The summed E-state index contributed by atoms with van der Waals surface area (Å²) in [6.45, 7) is 0. The molecule has 0 spiro atoms. The molecular weight excluding hydrogens is 337 g/mol. The number of benzene rings is 3. The van der Waals surface area contributed by atoms with Crippen molar-refractivity contribution in [3.63, 3.8) is 0 Å². The number of methoxy groups -OCH3 is 1. The van der Waals surface area contributed by atoms with Crippen LogP contribution in [0.25, 0.3) is 0 Å². The molecule has 0 heterocycles. The maximum absolute atomic E-state index is 14.3. The van der Waals surface area contributed by atoms with E-state index in [9.17, 15) is 15.0 Å². The van der Waals surface area contributed by atoms with E-state index < -0.39 is 12.4 Å². The molecule has 3 aromatic rings. The fraction of sp³-hybridized carbons (Fsp3) is 0.0526. The monoisotopic (exact) mass is 355 g/mol. The minimum atomic E-state index is -3.29. The molecule has 6 heteroatoms. The summed E-state index contributed by atoms with van der Waals surface area (Å²) >= 11 is 0. The van der Waals surface area contributed by atoms with Crippen LogP contribution >= 0.6 is 7.14 Å².